The monoisotopic (exact) mass is 305 g/mol. The van der Waals surface area contributed by atoms with Gasteiger partial charge in [-0.05, 0) is 56.5 Å². The average molecular weight is 306 g/mol. The summed E-state index contributed by atoms with van der Waals surface area (Å²) in [5, 5.41) is 0. The molecule has 2 aromatic rings. The van der Waals surface area contributed by atoms with E-state index in [1.807, 2.05) is 45.9 Å². The molecule has 1 aromatic heterocycles. The number of ketones is 1. The lowest BCUT2D eigenvalue weighted by Gasteiger charge is -2.05. The molecule has 2 rings (SSSR count). The van der Waals surface area contributed by atoms with Gasteiger partial charge < -0.3 is 4.98 Å². The molecule has 0 spiro atoms. The highest BCUT2D eigenvalue weighted by Gasteiger charge is 2.18. The van der Waals surface area contributed by atoms with Crippen molar-refractivity contribution in [3.05, 3.63) is 56.3 Å². The minimum absolute atomic E-state index is 0.0579. The number of hydrogen-bond donors (Lipinski definition) is 1. The maximum Gasteiger partial charge on any atom is 0.209 e. The van der Waals surface area contributed by atoms with Gasteiger partial charge in [-0.25, -0.2) is 0 Å². The highest BCUT2D eigenvalue weighted by atomic mass is 79.9. The van der Waals surface area contributed by atoms with Crippen molar-refractivity contribution in [2.24, 2.45) is 0 Å². The van der Waals surface area contributed by atoms with Gasteiger partial charge in [-0.1, -0.05) is 22.0 Å². The standard InChI is InChI=1S/C15H16BrNO/c1-8-5-6-12(16)7-13(8)15(18)14-10(3)9(2)11(4)17-14/h5-7,17H,1-4H3. The van der Waals surface area contributed by atoms with Crippen LogP contribution < -0.4 is 0 Å². The number of aryl methyl sites for hydroxylation is 2. The van der Waals surface area contributed by atoms with Crippen LogP contribution in [0.1, 0.15) is 38.4 Å². The zero-order valence-electron chi connectivity index (χ0n) is 11.0. The minimum atomic E-state index is 0.0579. The van der Waals surface area contributed by atoms with Crippen LogP contribution in [0, 0.1) is 27.7 Å². The summed E-state index contributed by atoms with van der Waals surface area (Å²) in [4.78, 5) is 15.7. The molecule has 1 heterocycles. The summed E-state index contributed by atoms with van der Waals surface area (Å²) in [5.74, 6) is 0.0579. The van der Waals surface area contributed by atoms with E-state index < -0.39 is 0 Å². The van der Waals surface area contributed by atoms with Crippen LogP contribution >= 0.6 is 15.9 Å². The smallest absolute Gasteiger partial charge is 0.209 e. The molecule has 0 saturated heterocycles. The first-order valence-electron chi connectivity index (χ1n) is 5.88. The van der Waals surface area contributed by atoms with Crippen molar-refractivity contribution in [2.45, 2.75) is 27.7 Å². The molecular weight excluding hydrogens is 290 g/mol. The molecule has 2 nitrogen and oxygen atoms in total. The zero-order chi connectivity index (χ0) is 13.4. The van der Waals surface area contributed by atoms with Crippen molar-refractivity contribution >= 4 is 21.7 Å². The molecule has 1 N–H and O–H groups in total. The fraction of sp³-hybridized carbons (Fsp3) is 0.267. The second-order valence-electron chi connectivity index (χ2n) is 4.66. The van der Waals surface area contributed by atoms with Crippen molar-refractivity contribution in [3.8, 4) is 0 Å². The van der Waals surface area contributed by atoms with Crippen LogP contribution in [-0.2, 0) is 0 Å². The molecule has 0 bridgehead atoms. The molecule has 0 aliphatic rings. The number of benzene rings is 1. The maximum atomic E-state index is 12.6. The van der Waals surface area contributed by atoms with Gasteiger partial charge in [0, 0.05) is 15.7 Å². The lowest BCUT2D eigenvalue weighted by Crippen LogP contribution is -2.06. The summed E-state index contributed by atoms with van der Waals surface area (Å²) < 4.78 is 0.925. The van der Waals surface area contributed by atoms with Gasteiger partial charge in [0.1, 0.15) is 0 Å². The van der Waals surface area contributed by atoms with Crippen LogP contribution in [0.5, 0.6) is 0 Å². The van der Waals surface area contributed by atoms with Gasteiger partial charge in [-0.3, -0.25) is 4.79 Å². The SMILES string of the molecule is Cc1ccc(Br)cc1C(=O)c1[nH]c(C)c(C)c1C. The first-order valence-corrected chi connectivity index (χ1v) is 6.67. The highest BCUT2D eigenvalue weighted by Crippen LogP contribution is 2.23. The summed E-state index contributed by atoms with van der Waals surface area (Å²) >= 11 is 3.41. The maximum absolute atomic E-state index is 12.6. The van der Waals surface area contributed by atoms with Crippen molar-refractivity contribution in [1.82, 2.24) is 4.98 Å². The van der Waals surface area contributed by atoms with E-state index >= 15 is 0 Å². The minimum Gasteiger partial charge on any atom is -0.356 e. The third kappa shape index (κ3) is 2.15. The lowest BCUT2D eigenvalue weighted by molar-refractivity contribution is 0.103. The number of aromatic amines is 1. The number of halogens is 1. The number of hydrogen-bond acceptors (Lipinski definition) is 1. The molecule has 0 amide bonds. The van der Waals surface area contributed by atoms with Gasteiger partial charge in [0.2, 0.25) is 5.78 Å². The van der Waals surface area contributed by atoms with E-state index in [1.54, 1.807) is 0 Å². The Balaban J connectivity index is 2.54. The highest BCUT2D eigenvalue weighted by molar-refractivity contribution is 9.10. The molecule has 0 unspecified atom stereocenters. The Morgan fingerprint density at radius 1 is 1.11 bits per heavy atom. The number of carbonyl (C=O) groups is 1. The van der Waals surface area contributed by atoms with Crippen LogP contribution in [0.2, 0.25) is 0 Å². The van der Waals surface area contributed by atoms with Crippen molar-refractivity contribution in [2.75, 3.05) is 0 Å². The normalized spacial score (nSPS) is 10.7. The number of carbonyl (C=O) groups excluding carboxylic acids is 1. The number of H-pyrrole nitrogens is 1. The van der Waals surface area contributed by atoms with Crippen molar-refractivity contribution in [1.29, 1.82) is 0 Å². The largest absolute Gasteiger partial charge is 0.356 e. The number of rotatable bonds is 2. The van der Waals surface area contributed by atoms with Crippen molar-refractivity contribution in [3.63, 3.8) is 0 Å². The first kappa shape index (κ1) is 13.1. The van der Waals surface area contributed by atoms with Gasteiger partial charge >= 0.3 is 0 Å². The predicted octanol–water partition coefficient (Wildman–Crippen LogP) is 4.24. The van der Waals surface area contributed by atoms with Crippen LogP contribution in [0.25, 0.3) is 0 Å². The lowest BCUT2D eigenvalue weighted by atomic mass is 10.0. The third-order valence-electron chi connectivity index (χ3n) is 3.48. The fourth-order valence-electron chi connectivity index (χ4n) is 2.04. The molecule has 0 aliphatic carbocycles. The second-order valence-corrected chi connectivity index (χ2v) is 5.58. The summed E-state index contributed by atoms with van der Waals surface area (Å²) in [5.41, 5.74) is 5.69. The zero-order valence-corrected chi connectivity index (χ0v) is 12.6. The van der Waals surface area contributed by atoms with Gasteiger partial charge in [0.15, 0.2) is 0 Å². The Hall–Kier alpha value is -1.35. The fourth-order valence-corrected chi connectivity index (χ4v) is 2.41. The van der Waals surface area contributed by atoms with Gasteiger partial charge in [0.25, 0.3) is 0 Å². The van der Waals surface area contributed by atoms with Gasteiger partial charge in [0.05, 0.1) is 5.69 Å². The third-order valence-corrected chi connectivity index (χ3v) is 3.98. The molecule has 0 fully saturated rings. The summed E-state index contributed by atoms with van der Waals surface area (Å²) in [6.45, 7) is 7.97. The van der Waals surface area contributed by atoms with E-state index in [-0.39, 0.29) is 5.78 Å². The number of aromatic nitrogens is 1. The molecule has 0 aliphatic heterocycles. The van der Waals surface area contributed by atoms with Crippen LogP contribution in [0.3, 0.4) is 0 Å². The van der Waals surface area contributed by atoms with Crippen LogP contribution in [0.15, 0.2) is 22.7 Å². The Kier molecular flexibility index (Phi) is 3.44. The molecule has 0 saturated carbocycles. The quantitative estimate of drug-likeness (QED) is 0.827. The molecule has 0 radical (unpaired) electrons. The van der Waals surface area contributed by atoms with Gasteiger partial charge in [-0.2, -0.15) is 0 Å². The summed E-state index contributed by atoms with van der Waals surface area (Å²) in [6, 6.07) is 5.78. The van der Waals surface area contributed by atoms with E-state index in [2.05, 4.69) is 20.9 Å². The Morgan fingerprint density at radius 3 is 2.33 bits per heavy atom. The van der Waals surface area contributed by atoms with E-state index in [0.717, 1.165) is 32.4 Å². The van der Waals surface area contributed by atoms with E-state index in [1.165, 1.54) is 0 Å². The van der Waals surface area contributed by atoms with E-state index in [4.69, 9.17) is 0 Å². The summed E-state index contributed by atoms with van der Waals surface area (Å²) in [6.07, 6.45) is 0. The molecule has 0 atom stereocenters. The van der Waals surface area contributed by atoms with Crippen molar-refractivity contribution < 1.29 is 4.79 Å². The Bertz CT molecular complexity index is 626. The average Bonchev–Trinajstić information content (AvgIpc) is 2.59. The predicted molar refractivity (Wildman–Crippen MR) is 77.3 cm³/mol. The Morgan fingerprint density at radius 2 is 1.78 bits per heavy atom. The molecule has 1 aromatic carbocycles. The molecular formula is C15H16BrNO. The first-order chi connectivity index (χ1) is 8.41. The second kappa shape index (κ2) is 4.73. The molecule has 3 heteroatoms. The van der Waals surface area contributed by atoms with Crippen LogP contribution in [-0.4, -0.2) is 10.8 Å². The topological polar surface area (TPSA) is 32.9 Å². The molecule has 94 valence electrons. The summed E-state index contributed by atoms with van der Waals surface area (Å²) in [7, 11) is 0. The molecule has 18 heavy (non-hydrogen) atoms. The van der Waals surface area contributed by atoms with Crippen LogP contribution in [0.4, 0.5) is 0 Å². The van der Waals surface area contributed by atoms with Gasteiger partial charge in [-0.15, -0.1) is 0 Å². The Labute approximate surface area is 116 Å². The van der Waals surface area contributed by atoms with E-state index in [9.17, 15) is 4.79 Å². The number of nitrogens with one attached hydrogen (secondary N) is 1. The van der Waals surface area contributed by atoms with E-state index in [0.29, 0.717) is 5.69 Å².